The molecule has 0 atom stereocenters. The van der Waals surface area contributed by atoms with Crippen LogP contribution in [0.15, 0.2) is 54.7 Å². The van der Waals surface area contributed by atoms with Gasteiger partial charge in [-0.25, -0.2) is 4.98 Å². The van der Waals surface area contributed by atoms with Crippen LogP contribution in [0, 0.1) is 0 Å². The van der Waals surface area contributed by atoms with Crippen LogP contribution in [0.2, 0.25) is 0 Å². The number of hydrogen-bond donors (Lipinski definition) is 1. The van der Waals surface area contributed by atoms with Crippen molar-refractivity contribution in [3.05, 3.63) is 65.9 Å². The summed E-state index contributed by atoms with van der Waals surface area (Å²) in [5, 5.41) is 0. The molecule has 0 aliphatic carbocycles. The predicted octanol–water partition coefficient (Wildman–Crippen LogP) is 3.03. The molecule has 2 aromatic carbocycles. The molecule has 0 radical (unpaired) electrons. The van der Waals surface area contributed by atoms with Crippen LogP contribution in [0.3, 0.4) is 0 Å². The number of nitrogens with two attached hydrogens (primary N) is 1. The van der Waals surface area contributed by atoms with E-state index in [0.29, 0.717) is 5.95 Å². The Kier molecular flexibility index (Phi) is 2.03. The second kappa shape index (κ2) is 3.72. The van der Waals surface area contributed by atoms with Crippen molar-refractivity contribution in [2.75, 3.05) is 5.73 Å². The normalized spacial score (nSPS) is 12.2. The van der Waals surface area contributed by atoms with Crippen molar-refractivity contribution in [3.8, 4) is 16.9 Å². The molecule has 0 bridgehead atoms. The summed E-state index contributed by atoms with van der Waals surface area (Å²) in [4.78, 5) is 4.28. The molecular formula is C16H13N3. The first-order chi connectivity index (χ1) is 9.34. The number of anilines is 1. The summed E-state index contributed by atoms with van der Waals surface area (Å²) < 4.78 is 2.04. The average Bonchev–Trinajstić information content (AvgIpc) is 2.75. The van der Waals surface area contributed by atoms with E-state index in [4.69, 9.17) is 5.73 Å². The van der Waals surface area contributed by atoms with E-state index < -0.39 is 0 Å². The SMILES string of the molecule is Nc1ncc2n1-c1ccccc1Cc1ccccc1-2. The molecule has 0 spiro atoms. The minimum Gasteiger partial charge on any atom is -0.369 e. The maximum atomic E-state index is 6.05. The van der Waals surface area contributed by atoms with Gasteiger partial charge in [-0.2, -0.15) is 0 Å². The zero-order valence-electron chi connectivity index (χ0n) is 10.4. The number of rotatable bonds is 0. The van der Waals surface area contributed by atoms with Crippen molar-refractivity contribution in [1.82, 2.24) is 9.55 Å². The highest BCUT2D eigenvalue weighted by molar-refractivity contribution is 5.72. The average molecular weight is 247 g/mol. The Balaban J connectivity index is 2.14. The first kappa shape index (κ1) is 10.4. The van der Waals surface area contributed by atoms with E-state index >= 15 is 0 Å². The van der Waals surface area contributed by atoms with Gasteiger partial charge in [-0.15, -0.1) is 0 Å². The molecule has 0 saturated heterocycles. The number of para-hydroxylation sites is 1. The Morgan fingerprint density at radius 2 is 1.68 bits per heavy atom. The third kappa shape index (κ3) is 1.41. The fourth-order valence-electron chi connectivity index (χ4n) is 2.82. The zero-order valence-corrected chi connectivity index (χ0v) is 10.4. The lowest BCUT2D eigenvalue weighted by molar-refractivity contribution is 1.06. The molecule has 3 aromatic rings. The highest BCUT2D eigenvalue weighted by Crippen LogP contribution is 2.35. The van der Waals surface area contributed by atoms with E-state index in [1.807, 2.05) is 16.8 Å². The van der Waals surface area contributed by atoms with Crippen molar-refractivity contribution >= 4 is 5.95 Å². The van der Waals surface area contributed by atoms with Crippen LogP contribution < -0.4 is 5.73 Å². The summed E-state index contributed by atoms with van der Waals surface area (Å²) in [7, 11) is 0. The monoisotopic (exact) mass is 247 g/mol. The molecule has 4 rings (SSSR count). The molecule has 2 heterocycles. The van der Waals surface area contributed by atoms with Crippen molar-refractivity contribution < 1.29 is 0 Å². The molecule has 0 unspecified atom stereocenters. The van der Waals surface area contributed by atoms with E-state index in [9.17, 15) is 0 Å². The molecule has 3 heteroatoms. The molecule has 19 heavy (non-hydrogen) atoms. The predicted molar refractivity (Wildman–Crippen MR) is 76.2 cm³/mol. The number of nitrogens with zero attached hydrogens (tertiary/aromatic N) is 2. The van der Waals surface area contributed by atoms with Crippen molar-refractivity contribution in [1.29, 1.82) is 0 Å². The van der Waals surface area contributed by atoms with Gasteiger partial charge in [0.2, 0.25) is 5.95 Å². The highest BCUT2D eigenvalue weighted by Gasteiger charge is 2.20. The van der Waals surface area contributed by atoms with Crippen LogP contribution in [-0.2, 0) is 6.42 Å². The van der Waals surface area contributed by atoms with Gasteiger partial charge in [0.25, 0.3) is 0 Å². The standard InChI is InChI=1S/C16H13N3/c17-16-18-10-15-13-7-3-1-5-11(13)9-12-6-2-4-8-14(12)19(15)16/h1-8,10H,9H2,(H2,17,18). The first-order valence-electron chi connectivity index (χ1n) is 6.34. The molecule has 1 aromatic heterocycles. The summed E-state index contributed by atoms with van der Waals surface area (Å²) >= 11 is 0. The molecular weight excluding hydrogens is 234 g/mol. The zero-order chi connectivity index (χ0) is 12.8. The van der Waals surface area contributed by atoms with E-state index in [1.165, 1.54) is 16.7 Å². The van der Waals surface area contributed by atoms with Crippen LogP contribution in [0.25, 0.3) is 16.9 Å². The molecule has 0 amide bonds. The fraction of sp³-hybridized carbons (Fsp3) is 0.0625. The van der Waals surface area contributed by atoms with Gasteiger partial charge in [0.05, 0.1) is 17.6 Å². The lowest BCUT2D eigenvalue weighted by atomic mass is 9.99. The van der Waals surface area contributed by atoms with Crippen LogP contribution in [0.5, 0.6) is 0 Å². The van der Waals surface area contributed by atoms with Gasteiger partial charge in [-0.1, -0.05) is 42.5 Å². The van der Waals surface area contributed by atoms with Gasteiger partial charge >= 0.3 is 0 Å². The fourth-order valence-corrected chi connectivity index (χ4v) is 2.82. The number of fused-ring (bicyclic) bond motifs is 5. The second-order valence-electron chi connectivity index (χ2n) is 4.80. The summed E-state index contributed by atoms with van der Waals surface area (Å²) in [5.41, 5.74) is 12.1. The summed E-state index contributed by atoms with van der Waals surface area (Å²) in [6.45, 7) is 0. The summed E-state index contributed by atoms with van der Waals surface area (Å²) in [5.74, 6) is 0.541. The number of imidazole rings is 1. The molecule has 92 valence electrons. The molecule has 1 aliphatic rings. The molecule has 3 nitrogen and oxygen atoms in total. The van der Waals surface area contributed by atoms with E-state index in [0.717, 1.165) is 17.8 Å². The second-order valence-corrected chi connectivity index (χ2v) is 4.80. The summed E-state index contributed by atoms with van der Waals surface area (Å²) in [6.07, 6.45) is 2.78. The van der Waals surface area contributed by atoms with Gasteiger partial charge in [-0.05, 0) is 17.2 Å². The Morgan fingerprint density at radius 1 is 0.947 bits per heavy atom. The number of nitrogen functional groups attached to an aromatic ring is 1. The third-order valence-electron chi connectivity index (χ3n) is 3.70. The number of hydrogen-bond acceptors (Lipinski definition) is 2. The highest BCUT2D eigenvalue weighted by atomic mass is 15.2. The van der Waals surface area contributed by atoms with Crippen molar-refractivity contribution in [3.63, 3.8) is 0 Å². The maximum absolute atomic E-state index is 6.05. The Bertz CT molecular complexity index is 771. The quantitative estimate of drug-likeness (QED) is 0.519. The van der Waals surface area contributed by atoms with Crippen LogP contribution in [0.4, 0.5) is 5.95 Å². The molecule has 2 N–H and O–H groups in total. The van der Waals surface area contributed by atoms with Crippen molar-refractivity contribution in [2.24, 2.45) is 0 Å². The van der Waals surface area contributed by atoms with Crippen LogP contribution >= 0.6 is 0 Å². The Labute approximate surface area is 111 Å². The molecule has 0 saturated carbocycles. The smallest absolute Gasteiger partial charge is 0.205 e. The Hall–Kier alpha value is -2.55. The van der Waals surface area contributed by atoms with Crippen LogP contribution in [0.1, 0.15) is 11.1 Å². The minimum absolute atomic E-state index is 0.541. The van der Waals surface area contributed by atoms with E-state index in [2.05, 4.69) is 47.4 Å². The molecule has 1 aliphatic heterocycles. The van der Waals surface area contributed by atoms with Crippen LogP contribution in [-0.4, -0.2) is 9.55 Å². The summed E-state index contributed by atoms with van der Waals surface area (Å²) in [6, 6.07) is 16.8. The lowest BCUT2D eigenvalue weighted by Crippen LogP contribution is -2.03. The maximum Gasteiger partial charge on any atom is 0.205 e. The minimum atomic E-state index is 0.541. The lowest BCUT2D eigenvalue weighted by Gasteiger charge is -2.10. The van der Waals surface area contributed by atoms with Gasteiger partial charge in [-0.3, -0.25) is 4.57 Å². The van der Waals surface area contributed by atoms with Gasteiger partial charge < -0.3 is 5.73 Å². The molecule has 0 fully saturated rings. The first-order valence-corrected chi connectivity index (χ1v) is 6.34. The van der Waals surface area contributed by atoms with E-state index in [1.54, 1.807) is 0 Å². The van der Waals surface area contributed by atoms with E-state index in [-0.39, 0.29) is 0 Å². The van der Waals surface area contributed by atoms with Gasteiger partial charge in [0.15, 0.2) is 0 Å². The largest absolute Gasteiger partial charge is 0.369 e. The third-order valence-corrected chi connectivity index (χ3v) is 3.70. The Morgan fingerprint density at radius 3 is 2.58 bits per heavy atom. The number of aromatic nitrogens is 2. The van der Waals surface area contributed by atoms with Gasteiger partial charge in [0.1, 0.15) is 0 Å². The topological polar surface area (TPSA) is 43.8 Å². The van der Waals surface area contributed by atoms with Gasteiger partial charge in [0, 0.05) is 12.0 Å². The van der Waals surface area contributed by atoms with Crippen molar-refractivity contribution in [2.45, 2.75) is 6.42 Å². The number of benzene rings is 2.